The Hall–Kier alpha value is -6.95. The summed E-state index contributed by atoms with van der Waals surface area (Å²) in [6.07, 6.45) is 3.26. The Morgan fingerprint density at radius 2 is 1.72 bits per heavy atom. The third kappa shape index (κ3) is 10.5. The van der Waals surface area contributed by atoms with Crippen molar-refractivity contribution in [3.05, 3.63) is 148 Å². The minimum absolute atomic E-state index is 0.00109. The molecule has 0 saturated heterocycles. The zero-order valence-corrected chi connectivity index (χ0v) is 36.6. The van der Waals surface area contributed by atoms with Crippen molar-refractivity contribution < 1.29 is 41.4 Å². The molecule has 1 saturated carbocycles. The van der Waals surface area contributed by atoms with E-state index in [-0.39, 0.29) is 64.9 Å². The van der Waals surface area contributed by atoms with Crippen LogP contribution in [-0.2, 0) is 14.4 Å². The Bertz CT molecular complexity index is 2670. The number of aromatic nitrogens is 2. The van der Waals surface area contributed by atoms with Crippen LogP contribution in [0.5, 0.6) is 5.75 Å². The molecule has 2 aliphatic rings. The van der Waals surface area contributed by atoms with Gasteiger partial charge in [0.05, 0.1) is 12.1 Å². The molecule has 4 N–H and O–H groups in total. The molecule has 1 aliphatic heterocycles. The van der Waals surface area contributed by atoms with Crippen LogP contribution in [0.1, 0.15) is 64.2 Å². The molecular weight excluding hydrogens is 865 g/mol. The van der Waals surface area contributed by atoms with Crippen molar-refractivity contribution in [3.63, 3.8) is 0 Å². The molecule has 5 aromatic rings. The van der Waals surface area contributed by atoms with Gasteiger partial charge in [0.2, 0.25) is 0 Å². The smallest absolute Gasteiger partial charge is 0.407 e. The van der Waals surface area contributed by atoms with Gasteiger partial charge in [-0.15, -0.1) is 0 Å². The van der Waals surface area contributed by atoms with Crippen LogP contribution in [0.15, 0.2) is 102 Å². The molecule has 7 rings (SSSR count). The van der Waals surface area contributed by atoms with E-state index in [1.54, 1.807) is 25.0 Å². The Balaban J connectivity index is 0.896. The van der Waals surface area contributed by atoms with Crippen molar-refractivity contribution in [1.29, 1.82) is 0 Å². The number of thioether (sulfide) groups is 1. The molecule has 2 heterocycles. The number of amides is 3. The van der Waals surface area contributed by atoms with Gasteiger partial charge in [-0.25, -0.2) is 32.3 Å². The van der Waals surface area contributed by atoms with Gasteiger partial charge in [-0.1, -0.05) is 54.7 Å². The van der Waals surface area contributed by atoms with Gasteiger partial charge in [0.15, 0.2) is 11.6 Å². The summed E-state index contributed by atoms with van der Waals surface area (Å²) < 4.78 is 70.0. The lowest BCUT2D eigenvalue weighted by atomic mass is 10.0. The number of nitrogens with two attached hydrogens (primary N) is 1. The van der Waals surface area contributed by atoms with Crippen LogP contribution in [-0.4, -0.2) is 83.2 Å². The summed E-state index contributed by atoms with van der Waals surface area (Å²) in [7, 11) is 3.25. The highest BCUT2D eigenvalue weighted by Crippen LogP contribution is 2.49. The van der Waals surface area contributed by atoms with E-state index >= 15 is 4.39 Å². The normalized spacial score (nSPS) is 15.6. The third-order valence-corrected chi connectivity index (χ3v) is 12.6. The molecule has 1 atom stereocenters. The highest BCUT2D eigenvalue weighted by Gasteiger charge is 2.44. The van der Waals surface area contributed by atoms with E-state index in [0.29, 0.717) is 29.4 Å². The van der Waals surface area contributed by atoms with E-state index in [9.17, 15) is 27.6 Å². The summed E-state index contributed by atoms with van der Waals surface area (Å²) in [4.78, 5) is 47.8. The number of halogens is 4. The Morgan fingerprint density at radius 3 is 2.46 bits per heavy atom. The molecule has 18 heteroatoms. The number of carbonyl (C=O) groups is 3. The number of hydrogen-bond acceptors (Lipinski definition) is 11. The van der Waals surface area contributed by atoms with Crippen molar-refractivity contribution in [3.8, 4) is 17.0 Å². The number of hydrazone groups is 1. The molecule has 1 aromatic heterocycles. The maximum atomic E-state index is 15.1. The van der Waals surface area contributed by atoms with Crippen LogP contribution < -0.4 is 21.1 Å². The standard InChI is InChI=1S/C47H46F4N8O5S/c1-27(25-64-46(62)53-18-8-17-47(31-9-6-5-7-10-31)59(4)57-44(65-47)36-22-32(48)14-16-37(36)50)45(61)58(3)19-20-63-41-40(54-26-55-42(41)52)35-23-33(49)24-39(28(35)2)56-43(60)34-15-13-30(21-38(34)51)29-11-12-29/h5-7,9-10,13-16,21-24,26,29H,1,8,11-12,17-20,25H2,2-4H3,(H,53,62)(H,56,60)(H2,52,54,55)/t47-/m0/s1. The predicted molar refractivity (Wildman–Crippen MR) is 240 cm³/mol. The van der Waals surface area contributed by atoms with Crippen LogP contribution in [0.3, 0.4) is 0 Å². The second-order valence-corrected chi connectivity index (χ2v) is 16.9. The monoisotopic (exact) mass is 910 g/mol. The molecule has 4 aromatic carbocycles. The largest absolute Gasteiger partial charge is 0.486 e. The molecule has 1 fully saturated rings. The Labute approximate surface area is 377 Å². The highest BCUT2D eigenvalue weighted by molar-refractivity contribution is 8.15. The zero-order valence-electron chi connectivity index (χ0n) is 35.8. The van der Waals surface area contributed by atoms with Crippen molar-refractivity contribution in [2.24, 2.45) is 5.10 Å². The fourth-order valence-electron chi connectivity index (χ4n) is 7.33. The van der Waals surface area contributed by atoms with E-state index in [1.807, 2.05) is 30.3 Å². The summed E-state index contributed by atoms with van der Waals surface area (Å²) in [5, 5.41) is 11.9. The maximum Gasteiger partial charge on any atom is 0.407 e. The lowest BCUT2D eigenvalue weighted by Crippen LogP contribution is -2.36. The van der Waals surface area contributed by atoms with Gasteiger partial charge in [0.25, 0.3) is 11.8 Å². The molecule has 338 valence electrons. The number of nitrogen functional groups attached to an aromatic ring is 1. The van der Waals surface area contributed by atoms with Gasteiger partial charge in [0, 0.05) is 43.0 Å². The average molecular weight is 911 g/mol. The number of nitrogens with one attached hydrogen (secondary N) is 2. The van der Waals surface area contributed by atoms with E-state index in [1.165, 1.54) is 48.2 Å². The Kier molecular flexibility index (Phi) is 14.1. The SMILES string of the molecule is C=C(COC(=O)NCCC[C@@]1(c2ccccc2)SC(c2cc(F)ccc2F)=NN1C)C(=O)N(C)CCOc1c(N)ncnc1-c1cc(F)cc(NC(=O)c2ccc(C3CC3)cc2F)c1C. The second-order valence-electron chi connectivity index (χ2n) is 15.6. The molecule has 0 radical (unpaired) electrons. The Morgan fingerprint density at radius 1 is 0.969 bits per heavy atom. The maximum absolute atomic E-state index is 15.1. The van der Waals surface area contributed by atoms with Crippen molar-refractivity contribution in [2.75, 3.05) is 51.4 Å². The minimum Gasteiger partial charge on any atom is -0.486 e. The summed E-state index contributed by atoms with van der Waals surface area (Å²) in [6, 6.07) is 19.5. The number of anilines is 2. The quantitative estimate of drug-likeness (QED) is 0.0468. The van der Waals surface area contributed by atoms with Crippen molar-refractivity contribution in [2.45, 2.75) is 43.4 Å². The molecule has 65 heavy (non-hydrogen) atoms. The van der Waals surface area contributed by atoms with Gasteiger partial charge in [-0.3, -0.25) is 14.6 Å². The summed E-state index contributed by atoms with van der Waals surface area (Å²) in [5.41, 5.74) is 8.57. The number of hydrogen-bond donors (Lipinski definition) is 3. The van der Waals surface area contributed by atoms with Gasteiger partial charge >= 0.3 is 6.09 Å². The van der Waals surface area contributed by atoms with Gasteiger partial charge in [0.1, 0.15) is 58.4 Å². The first-order valence-electron chi connectivity index (χ1n) is 20.7. The van der Waals surface area contributed by atoms with E-state index < -0.39 is 52.7 Å². The number of alkyl carbamates (subject to hydrolysis) is 1. The fourth-order valence-corrected chi connectivity index (χ4v) is 8.75. The topological polar surface area (TPSA) is 164 Å². The van der Waals surface area contributed by atoms with Crippen molar-refractivity contribution in [1.82, 2.24) is 25.2 Å². The molecular formula is C47H46F4N8O5S. The number of ether oxygens (including phenoxy) is 2. The number of nitrogens with zero attached hydrogens (tertiary/aromatic N) is 5. The first-order valence-corrected chi connectivity index (χ1v) is 21.5. The van der Waals surface area contributed by atoms with Crippen LogP contribution in [0.4, 0.5) is 33.9 Å². The van der Waals surface area contributed by atoms with Gasteiger partial charge in [-0.05, 0) is 97.7 Å². The zero-order chi connectivity index (χ0) is 46.4. The highest BCUT2D eigenvalue weighted by atomic mass is 32.2. The van der Waals surface area contributed by atoms with E-state index in [2.05, 4.69) is 32.3 Å². The lowest BCUT2D eigenvalue weighted by Gasteiger charge is -2.35. The van der Waals surface area contributed by atoms with Crippen LogP contribution >= 0.6 is 11.8 Å². The summed E-state index contributed by atoms with van der Waals surface area (Å²) in [6.45, 7) is 5.09. The number of rotatable bonds is 17. The van der Waals surface area contributed by atoms with Gasteiger partial charge in [-0.2, -0.15) is 5.10 Å². The fraction of sp³-hybridized carbons (Fsp3) is 0.277. The molecule has 3 amide bonds. The van der Waals surface area contributed by atoms with Crippen LogP contribution in [0, 0.1) is 30.2 Å². The predicted octanol–water partition coefficient (Wildman–Crippen LogP) is 8.51. The molecule has 0 unspecified atom stereocenters. The minimum atomic E-state index is -0.776. The average Bonchev–Trinajstić information content (AvgIpc) is 4.09. The summed E-state index contributed by atoms with van der Waals surface area (Å²) in [5.74, 6) is -3.61. The van der Waals surface area contributed by atoms with Crippen LogP contribution in [0.2, 0.25) is 0 Å². The number of benzene rings is 4. The van der Waals surface area contributed by atoms with Crippen LogP contribution in [0.25, 0.3) is 11.3 Å². The summed E-state index contributed by atoms with van der Waals surface area (Å²) >= 11 is 1.30. The van der Waals surface area contributed by atoms with Gasteiger partial charge < -0.3 is 30.7 Å². The number of carbonyl (C=O) groups excluding carboxylic acids is 3. The third-order valence-electron chi connectivity index (χ3n) is 11.1. The van der Waals surface area contributed by atoms with Crippen molar-refractivity contribution >= 4 is 46.2 Å². The molecule has 0 bridgehead atoms. The van der Waals surface area contributed by atoms with E-state index in [0.717, 1.165) is 48.2 Å². The molecule has 0 spiro atoms. The first kappa shape index (κ1) is 46.1. The second kappa shape index (κ2) is 19.8. The lowest BCUT2D eigenvalue weighted by molar-refractivity contribution is -0.126. The molecule has 1 aliphatic carbocycles. The number of likely N-dealkylation sites (N-methyl/N-ethyl adjacent to an activating group) is 1. The first-order chi connectivity index (χ1) is 31.1. The molecule has 13 nitrogen and oxygen atoms in total. The van der Waals surface area contributed by atoms with E-state index in [4.69, 9.17) is 15.2 Å².